The Bertz CT molecular complexity index is 923. The Morgan fingerprint density at radius 1 is 1.04 bits per heavy atom. The van der Waals surface area contributed by atoms with Gasteiger partial charge in [0, 0.05) is 16.8 Å². The molecule has 0 aliphatic carbocycles. The van der Waals surface area contributed by atoms with Gasteiger partial charge in [0.2, 0.25) is 0 Å². The van der Waals surface area contributed by atoms with E-state index in [-0.39, 0.29) is 23.7 Å². The van der Waals surface area contributed by atoms with Gasteiger partial charge in [-0.25, -0.2) is 4.68 Å². The molecular weight excluding hydrogens is 326 g/mol. The van der Waals surface area contributed by atoms with Crippen LogP contribution in [0.2, 0.25) is 5.02 Å². The van der Waals surface area contributed by atoms with Gasteiger partial charge in [-0.3, -0.25) is 9.59 Å². The first-order chi connectivity index (χ1) is 11.6. The molecule has 0 spiro atoms. The fourth-order valence-electron chi connectivity index (χ4n) is 2.21. The third kappa shape index (κ3) is 3.88. The van der Waals surface area contributed by atoms with Crippen molar-refractivity contribution >= 4 is 23.2 Å². The standard InChI is InChI=1S/C18H14ClN3O2/c19-14-6-4-5-13(11-14)12-22-17(23)10-9-16(21-22)18(24)20-15-7-2-1-3-8-15/h1-11H,12H2,(H,20,24). The SMILES string of the molecule is O=C(Nc1ccccc1)c1ccc(=O)n(Cc2cccc(Cl)c2)n1. The molecule has 1 amide bonds. The quantitative estimate of drug-likeness (QED) is 0.794. The number of nitrogens with zero attached hydrogens (tertiary/aromatic N) is 2. The van der Waals surface area contributed by atoms with Crippen molar-refractivity contribution in [2.45, 2.75) is 6.54 Å². The van der Waals surface area contributed by atoms with Crippen molar-refractivity contribution in [3.05, 3.63) is 93.4 Å². The first-order valence-electron chi connectivity index (χ1n) is 7.31. The van der Waals surface area contributed by atoms with E-state index >= 15 is 0 Å². The lowest BCUT2D eigenvalue weighted by Crippen LogP contribution is -2.26. The van der Waals surface area contributed by atoms with Crippen LogP contribution in [0.4, 0.5) is 5.69 Å². The fraction of sp³-hybridized carbons (Fsp3) is 0.0556. The molecule has 1 N–H and O–H groups in total. The molecule has 1 aromatic heterocycles. The lowest BCUT2D eigenvalue weighted by molar-refractivity contribution is 0.102. The highest BCUT2D eigenvalue weighted by Crippen LogP contribution is 2.11. The van der Waals surface area contributed by atoms with E-state index < -0.39 is 0 Å². The molecule has 0 radical (unpaired) electrons. The van der Waals surface area contributed by atoms with E-state index in [1.807, 2.05) is 24.3 Å². The summed E-state index contributed by atoms with van der Waals surface area (Å²) in [5.74, 6) is -0.374. The van der Waals surface area contributed by atoms with Gasteiger partial charge in [-0.2, -0.15) is 5.10 Å². The zero-order chi connectivity index (χ0) is 16.9. The highest BCUT2D eigenvalue weighted by atomic mass is 35.5. The summed E-state index contributed by atoms with van der Waals surface area (Å²) < 4.78 is 1.24. The molecule has 0 atom stereocenters. The Kier molecular flexibility index (Phi) is 4.72. The Hall–Kier alpha value is -2.92. The average molecular weight is 340 g/mol. The van der Waals surface area contributed by atoms with Gasteiger partial charge in [0.15, 0.2) is 0 Å². The fourth-order valence-corrected chi connectivity index (χ4v) is 2.42. The molecule has 24 heavy (non-hydrogen) atoms. The van der Waals surface area contributed by atoms with Crippen molar-refractivity contribution in [1.29, 1.82) is 0 Å². The van der Waals surface area contributed by atoms with Crippen LogP contribution in [0.1, 0.15) is 16.1 Å². The van der Waals surface area contributed by atoms with Crippen molar-refractivity contribution in [3.63, 3.8) is 0 Å². The number of rotatable bonds is 4. The van der Waals surface area contributed by atoms with Gasteiger partial charge < -0.3 is 5.32 Å². The molecule has 0 fully saturated rings. The monoisotopic (exact) mass is 339 g/mol. The van der Waals surface area contributed by atoms with E-state index in [1.54, 1.807) is 30.3 Å². The molecule has 0 aliphatic rings. The number of hydrogen-bond acceptors (Lipinski definition) is 3. The number of amides is 1. The third-order valence-corrected chi connectivity index (χ3v) is 3.59. The molecule has 3 rings (SSSR count). The summed E-state index contributed by atoms with van der Waals surface area (Å²) >= 11 is 5.95. The summed E-state index contributed by atoms with van der Waals surface area (Å²) in [6.45, 7) is 0.242. The van der Waals surface area contributed by atoms with Crippen LogP contribution in [0.15, 0.2) is 71.5 Å². The Labute approximate surface area is 143 Å². The molecule has 1 heterocycles. The van der Waals surface area contributed by atoms with Crippen LogP contribution in [0.5, 0.6) is 0 Å². The second-order valence-corrected chi connectivity index (χ2v) is 5.60. The first-order valence-corrected chi connectivity index (χ1v) is 7.68. The second-order valence-electron chi connectivity index (χ2n) is 5.16. The Morgan fingerprint density at radius 2 is 1.83 bits per heavy atom. The molecule has 0 saturated carbocycles. The molecule has 5 nitrogen and oxygen atoms in total. The number of nitrogens with one attached hydrogen (secondary N) is 1. The topological polar surface area (TPSA) is 64.0 Å². The highest BCUT2D eigenvalue weighted by Gasteiger charge is 2.10. The number of anilines is 1. The van der Waals surface area contributed by atoms with E-state index in [0.29, 0.717) is 10.7 Å². The Balaban J connectivity index is 1.83. The largest absolute Gasteiger partial charge is 0.321 e. The average Bonchev–Trinajstić information content (AvgIpc) is 2.58. The van der Waals surface area contributed by atoms with Crippen LogP contribution in [0.3, 0.4) is 0 Å². The van der Waals surface area contributed by atoms with Crippen LogP contribution >= 0.6 is 11.6 Å². The minimum absolute atomic E-state index is 0.167. The van der Waals surface area contributed by atoms with E-state index in [4.69, 9.17) is 11.6 Å². The number of aromatic nitrogens is 2. The van der Waals surface area contributed by atoms with Crippen LogP contribution in [-0.2, 0) is 6.54 Å². The van der Waals surface area contributed by atoms with Crippen LogP contribution in [0.25, 0.3) is 0 Å². The van der Waals surface area contributed by atoms with Gasteiger partial charge in [0.1, 0.15) is 5.69 Å². The summed E-state index contributed by atoms with van der Waals surface area (Å²) in [5.41, 5.74) is 1.38. The van der Waals surface area contributed by atoms with Crippen molar-refractivity contribution < 1.29 is 4.79 Å². The number of para-hydroxylation sites is 1. The summed E-state index contributed by atoms with van der Waals surface area (Å²) in [4.78, 5) is 24.3. The summed E-state index contributed by atoms with van der Waals surface area (Å²) in [7, 11) is 0. The van der Waals surface area contributed by atoms with Crippen molar-refractivity contribution in [2.75, 3.05) is 5.32 Å². The summed E-state index contributed by atoms with van der Waals surface area (Å²) in [6, 6.07) is 19.0. The van der Waals surface area contributed by atoms with Crippen molar-refractivity contribution in [2.24, 2.45) is 0 Å². The minimum Gasteiger partial charge on any atom is -0.321 e. The van der Waals surface area contributed by atoms with Gasteiger partial charge >= 0.3 is 0 Å². The van der Waals surface area contributed by atoms with Gasteiger partial charge in [-0.15, -0.1) is 0 Å². The summed E-state index contributed by atoms with van der Waals surface area (Å²) in [6.07, 6.45) is 0. The maximum Gasteiger partial charge on any atom is 0.276 e. The zero-order valence-corrected chi connectivity index (χ0v) is 13.4. The number of benzene rings is 2. The maximum absolute atomic E-state index is 12.3. The van der Waals surface area contributed by atoms with Crippen LogP contribution < -0.4 is 10.9 Å². The van der Waals surface area contributed by atoms with E-state index in [2.05, 4.69) is 10.4 Å². The highest BCUT2D eigenvalue weighted by molar-refractivity contribution is 6.30. The molecule has 120 valence electrons. The maximum atomic E-state index is 12.3. The number of carbonyl (C=O) groups excluding carboxylic acids is 1. The van der Waals surface area contributed by atoms with Crippen LogP contribution in [-0.4, -0.2) is 15.7 Å². The lowest BCUT2D eigenvalue weighted by Gasteiger charge is -2.08. The number of carbonyl (C=O) groups is 1. The van der Waals surface area contributed by atoms with Crippen molar-refractivity contribution in [3.8, 4) is 0 Å². The minimum atomic E-state index is -0.374. The third-order valence-electron chi connectivity index (χ3n) is 3.35. The molecule has 3 aromatic rings. The van der Waals surface area contributed by atoms with Gasteiger partial charge in [0.05, 0.1) is 6.54 Å². The first kappa shape index (κ1) is 16.0. The van der Waals surface area contributed by atoms with E-state index in [9.17, 15) is 9.59 Å². The van der Waals surface area contributed by atoms with Gasteiger partial charge in [-0.05, 0) is 35.9 Å². The molecule has 0 bridgehead atoms. The summed E-state index contributed by atoms with van der Waals surface area (Å²) in [5, 5.41) is 7.46. The normalized spacial score (nSPS) is 10.4. The number of halogens is 1. The lowest BCUT2D eigenvalue weighted by atomic mass is 10.2. The Morgan fingerprint density at radius 3 is 2.58 bits per heavy atom. The van der Waals surface area contributed by atoms with E-state index in [0.717, 1.165) is 5.56 Å². The molecule has 0 unspecified atom stereocenters. The second kappa shape index (κ2) is 7.10. The van der Waals surface area contributed by atoms with E-state index in [1.165, 1.54) is 16.8 Å². The predicted molar refractivity (Wildman–Crippen MR) is 93.4 cm³/mol. The predicted octanol–water partition coefficient (Wildman–Crippen LogP) is 3.20. The zero-order valence-electron chi connectivity index (χ0n) is 12.6. The molecule has 6 heteroatoms. The number of hydrogen-bond donors (Lipinski definition) is 1. The molecular formula is C18H14ClN3O2. The molecule has 2 aromatic carbocycles. The molecule has 0 saturated heterocycles. The molecule has 0 aliphatic heterocycles. The smallest absolute Gasteiger partial charge is 0.276 e. The van der Waals surface area contributed by atoms with Gasteiger partial charge in [-0.1, -0.05) is 41.9 Å². The van der Waals surface area contributed by atoms with Gasteiger partial charge in [0.25, 0.3) is 11.5 Å². The van der Waals surface area contributed by atoms with Crippen LogP contribution in [0, 0.1) is 0 Å². The van der Waals surface area contributed by atoms with Crippen molar-refractivity contribution in [1.82, 2.24) is 9.78 Å².